The lowest BCUT2D eigenvalue weighted by Crippen LogP contribution is -2.31. The summed E-state index contributed by atoms with van der Waals surface area (Å²) in [5.74, 6) is -2.07. The Labute approximate surface area is 215 Å². The van der Waals surface area contributed by atoms with Gasteiger partial charge in [-0.25, -0.2) is 4.79 Å². The van der Waals surface area contributed by atoms with Gasteiger partial charge in [0.1, 0.15) is 0 Å². The van der Waals surface area contributed by atoms with E-state index >= 15 is 0 Å². The molecule has 0 bridgehead atoms. The van der Waals surface area contributed by atoms with Gasteiger partial charge in [0.25, 0.3) is 5.91 Å². The molecule has 188 valence electrons. The molecule has 1 saturated carbocycles. The Hall–Kier alpha value is -4.26. The second-order valence-corrected chi connectivity index (χ2v) is 9.64. The van der Waals surface area contributed by atoms with Crippen LogP contribution in [0.25, 0.3) is 0 Å². The Morgan fingerprint density at radius 1 is 0.892 bits per heavy atom. The van der Waals surface area contributed by atoms with Crippen LogP contribution in [-0.2, 0) is 19.1 Å². The first-order chi connectivity index (χ1) is 17.9. The Kier molecular flexibility index (Phi) is 6.86. The van der Waals surface area contributed by atoms with Crippen molar-refractivity contribution >= 4 is 35.1 Å². The third-order valence-corrected chi connectivity index (χ3v) is 7.29. The highest BCUT2D eigenvalue weighted by atomic mass is 16.5. The zero-order chi connectivity index (χ0) is 25.9. The van der Waals surface area contributed by atoms with Gasteiger partial charge in [0.2, 0.25) is 11.8 Å². The van der Waals surface area contributed by atoms with E-state index in [1.165, 1.54) is 22.6 Å². The van der Waals surface area contributed by atoms with Gasteiger partial charge in [-0.2, -0.15) is 0 Å². The summed E-state index contributed by atoms with van der Waals surface area (Å²) in [5.41, 5.74) is 3.24. The summed E-state index contributed by atoms with van der Waals surface area (Å²) in [6, 6.07) is 23.7. The third kappa shape index (κ3) is 5.03. The van der Waals surface area contributed by atoms with Crippen LogP contribution in [0.15, 0.2) is 78.9 Å². The molecule has 7 nitrogen and oxygen atoms in total. The van der Waals surface area contributed by atoms with E-state index in [1.54, 1.807) is 24.3 Å². The zero-order valence-electron chi connectivity index (χ0n) is 20.6. The molecule has 0 aromatic heterocycles. The number of fused-ring (bicyclic) bond motifs is 1. The number of amides is 3. The average Bonchev–Trinajstić information content (AvgIpc) is 3.18. The molecule has 1 aliphatic carbocycles. The highest BCUT2D eigenvalue weighted by Gasteiger charge is 2.50. The van der Waals surface area contributed by atoms with Gasteiger partial charge >= 0.3 is 5.97 Å². The molecule has 3 atom stereocenters. The Balaban J connectivity index is 1.25. The number of nitrogens with one attached hydrogen (secondary N) is 1. The molecule has 2 fully saturated rings. The smallest absolute Gasteiger partial charge is 0.338 e. The third-order valence-electron chi connectivity index (χ3n) is 7.29. The molecule has 1 aliphatic heterocycles. The summed E-state index contributed by atoms with van der Waals surface area (Å²) >= 11 is 0. The largest absolute Gasteiger partial charge is 0.452 e. The fraction of sp³-hybridized carbons (Fsp3) is 0.267. The van der Waals surface area contributed by atoms with Crippen LogP contribution < -0.4 is 10.2 Å². The minimum absolute atomic E-state index is 0.166. The lowest BCUT2D eigenvalue weighted by atomic mass is 9.73. The molecule has 1 N–H and O–H groups in total. The summed E-state index contributed by atoms with van der Waals surface area (Å²) in [7, 11) is 0. The van der Waals surface area contributed by atoms with Crippen molar-refractivity contribution < 1.29 is 23.9 Å². The fourth-order valence-electron chi connectivity index (χ4n) is 5.35. The summed E-state index contributed by atoms with van der Waals surface area (Å²) < 4.78 is 5.19. The number of para-hydroxylation sites is 1. The van der Waals surface area contributed by atoms with E-state index in [0.29, 0.717) is 24.2 Å². The molecule has 7 heteroatoms. The lowest BCUT2D eigenvalue weighted by Gasteiger charge is -2.28. The number of anilines is 2. The van der Waals surface area contributed by atoms with Crippen molar-refractivity contribution in [2.75, 3.05) is 16.8 Å². The van der Waals surface area contributed by atoms with E-state index in [9.17, 15) is 19.2 Å². The summed E-state index contributed by atoms with van der Waals surface area (Å²) in [6.45, 7) is 1.41. The summed E-state index contributed by atoms with van der Waals surface area (Å²) in [6.07, 6.45) is 2.14. The molecule has 37 heavy (non-hydrogen) atoms. The molecule has 3 unspecified atom stereocenters. The number of imide groups is 1. The number of nitrogens with zero attached hydrogens (tertiary/aromatic N) is 1. The molecule has 5 rings (SSSR count). The van der Waals surface area contributed by atoms with E-state index in [0.717, 1.165) is 12.0 Å². The monoisotopic (exact) mass is 496 g/mol. The predicted octanol–water partition coefficient (Wildman–Crippen LogP) is 4.86. The van der Waals surface area contributed by atoms with Crippen LogP contribution in [-0.4, -0.2) is 30.3 Å². The summed E-state index contributed by atoms with van der Waals surface area (Å²) in [5, 5.41) is 2.71. The van der Waals surface area contributed by atoms with Crippen molar-refractivity contribution in [1.82, 2.24) is 0 Å². The first kappa shape index (κ1) is 24.4. The average molecular weight is 497 g/mol. The van der Waals surface area contributed by atoms with E-state index in [1.807, 2.05) is 37.3 Å². The maximum atomic E-state index is 13.4. The van der Waals surface area contributed by atoms with Crippen LogP contribution in [0.4, 0.5) is 11.4 Å². The normalized spacial score (nSPS) is 20.9. The van der Waals surface area contributed by atoms with Crippen molar-refractivity contribution in [1.29, 1.82) is 0 Å². The van der Waals surface area contributed by atoms with E-state index in [-0.39, 0.29) is 35.1 Å². The van der Waals surface area contributed by atoms with Crippen molar-refractivity contribution in [3.05, 3.63) is 95.6 Å². The quantitative estimate of drug-likeness (QED) is 0.389. The standard InChI is InChI=1S/C30H28N2O5/c1-19-8-5-6-13-26(19)31-27(33)18-37-30(36)22-11-7-12-23(16-22)32-28(34)24-15-14-21(17-25(24)29(32)35)20-9-3-2-4-10-20/h2-13,16,21,24-25H,14-15,17-18H2,1H3,(H,31,33). The van der Waals surface area contributed by atoms with Crippen LogP contribution >= 0.6 is 0 Å². The van der Waals surface area contributed by atoms with Gasteiger partial charge in [-0.1, -0.05) is 54.6 Å². The maximum Gasteiger partial charge on any atom is 0.338 e. The highest BCUT2D eigenvalue weighted by molar-refractivity contribution is 6.22. The van der Waals surface area contributed by atoms with Gasteiger partial charge in [0, 0.05) is 5.69 Å². The number of hydrogen-bond acceptors (Lipinski definition) is 5. The second kappa shape index (κ2) is 10.4. The number of ether oxygens (including phenoxy) is 1. The Morgan fingerprint density at radius 2 is 1.62 bits per heavy atom. The lowest BCUT2D eigenvalue weighted by molar-refractivity contribution is -0.122. The first-order valence-electron chi connectivity index (χ1n) is 12.5. The number of aryl methyl sites for hydroxylation is 1. The topological polar surface area (TPSA) is 92.8 Å². The van der Waals surface area contributed by atoms with Gasteiger partial charge in [-0.05, 0) is 67.5 Å². The first-order valence-corrected chi connectivity index (χ1v) is 12.5. The molecule has 0 spiro atoms. The minimum Gasteiger partial charge on any atom is -0.452 e. The number of benzene rings is 3. The molecule has 3 amide bonds. The van der Waals surface area contributed by atoms with E-state index in [4.69, 9.17) is 4.74 Å². The fourth-order valence-corrected chi connectivity index (χ4v) is 5.35. The number of rotatable bonds is 6. The van der Waals surface area contributed by atoms with Crippen LogP contribution in [0.5, 0.6) is 0 Å². The van der Waals surface area contributed by atoms with Gasteiger partial charge in [0.15, 0.2) is 6.61 Å². The molecule has 3 aromatic rings. The van der Waals surface area contributed by atoms with Crippen LogP contribution in [0.2, 0.25) is 0 Å². The maximum absolute atomic E-state index is 13.4. The van der Waals surface area contributed by atoms with Gasteiger partial charge in [-0.15, -0.1) is 0 Å². The van der Waals surface area contributed by atoms with Crippen molar-refractivity contribution in [3.8, 4) is 0 Å². The van der Waals surface area contributed by atoms with E-state index in [2.05, 4.69) is 17.4 Å². The van der Waals surface area contributed by atoms with Crippen molar-refractivity contribution in [3.63, 3.8) is 0 Å². The highest BCUT2D eigenvalue weighted by Crippen LogP contribution is 2.45. The second-order valence-electron chi connectivity index (χ2n) is 9.64. The number of esters is 1. The molecular weight excluding hydrogens is 468 g/mol. The van der Waals surface area contributed by atoms with Crippen LogP contribution in [0.3, 0.4) is 0 Å². The van der Waals surface area contributed by atoms with Crippen molar-refractivity contribution in [2.24, 2.45) is 11.8 Å². The van der Waals surface area contributed by atoms with Crippen LogP contribution in [0, 0.1) is 18.8 Å². The number of hydrogen-bond donors (Lipinski definition) is 1. The Morgan fingerprint density at radius 3 is 2.41 bits per heavy atom. The Bertz CT molecular complexity index is 1350. The zero-order valence-corrected chi connectivity index (χ0v) is 20.6. The van der Waals surface area contributed by atoms with Crippen LogP contribution in [0.1, 0.15) is 46.7 Å². The summed E-state index contributed by atoms with van der Waals surface area (Å²) in [4.78, 5) is 52.7. The van der Waals surface area contributed by atoms with Gasteiger partial charge in [0.05, 0.1) is 23.1 Å². The molecule has 2 aliphatic rings. The van der Waals surface area contributed by atoms with Crippen molar-refractivity contribution in [2.45, 2.75) is 32.1 Å². The number of carbonyl (C=O) groups excluding carboxylic acids is 4. The minimum atomic E-state index is -0.706. The molecular formula is C30H28N2O5. The molecule has 3 aromatic carbocycles. The predicted molar refractivity (Wildman–Crippen MR) is 139 cm³/mol. The van der Waals surface area contributed by atoms with E-state index < -0.39 is 18.5 Å². The SMILES string of the molecule is Cc1ccccc1NC(=O)COC(=O)c1cccc(N2C(=O)C3CCC(c4ccccc4)CC3C2=O)c1. The van der Waals surface area contributed by atoms with Gasteiger partial charge in [-0.3, -0.25) is 19.3 Å². The molecule has 1 saturated heterocycles. The molecule has 1 heterocycles. The van der Waals surface area contributed by atoms with Gasteiger partial charge < -0.3 is 10.1 Å². The molecule has 0 radical (unpaired) electrons. The number of carbonyl (C=O) groups is 4.